The monoisotopic (exact) mass is 278 g/mol. The molecule has 2 atom stereocenters. The van der Waals surface area contributed by atoms with E-state index in [1.54, 1.807) is 6.07 Å². The average molecular weight is 278 g/mol. The van der Waals surface area contributed by atoms with Gasteiger partial charge in [0, 0.05) is 24.7 Å². The molecule has 0 bridgehead atoms. The summed E-state index contributed by atoms with van der Waals surface area (Å²) in [6, 6.07) is 4.29. The van der Waals surface area contributed by atoms with Crippen LogP contribution in [0.2, 0.25) is 0 Å². The topological polar surface area (TPSA) is 83.7 Å². The predicted molar refractivity (Wildman–Crippen MR) is 75.3 cm³/mol. The van der Waals surface area contributed by atoms with E-state index in [0.29, 0.717) is 11.6 Å². The molecule has 20 heavy (non-hydrogen) atoms. The lowest BCUT2D eigenvalue weighted by Gasteiger charge is -2.38. The Morgan fingerprint density at radius 2 is 2.15 bits per heavy atom. The molecule has 1 fully saturated rings. The standard InChI is InChI=1S/C14H18N2O4/c1-9-5-6-15(10(2)7-9)13-4-3-11(16(19)20)8-12(13)14(17)18/h3-4,8-10H,5-7H2,1-2H3,(H,17,18). The first-order chi connectivity index (χ1) is 9.40. The second-order valence-electron chi connectivity index (χ2n) is 5.44. The first-order valence-electron chi connectivity index (χ1n) is 6.68. The van der Waals surface area contributed by atoms with E-state index in [1.807, 2.05) is 4.90 Å². The fourth-order valence-electron chi connectivity index (χ4n) is 2.82. The van der Waals surface area contributed by atoms with Gasteiger partial charge in [0.05, 0.1) is 16.2 Å². The number of carbonyl (C=O) groups is 1. The van der Waals surface area contributed by atoms with Gasteiger partial charge in [-0.25, -0.2) is 4.79 Å². The van der Waals surface area contributed by atoms with Crippen LogP contribution in [0.3, 0.4) is 0 Å². The van der Waals surface area contributed by atoms with Crippen molar-refractivity contribution in [2.45, 2.75) is 32.7 Å². The number of hydrogen-bond donors (Lipinski definition) is 1. The average Bonchev–Trinajstić information content (AvgIpc) is 2.38. The van der Waals surface area contributed by atoms with Gasteiger partial charge in [0.1, 0.15) is 0 Å². The Morgan fingerprint density at radius 1 is 1.45 bits per heavy atom. The van der Waals surface area contributed by atoms with Crippen molar-refractivity contribution in [1.29, 1.82) is 0 Å². The quantitative estimate of drug-likeness (QED) is 0.679. The van der Waals surface area contributed by atoms with Gasteiger partial charge in [-0.15, -0.1) is 0 Å². The molecule has 1 aliphatic rings. The van der Waals surface area contributed by atoms with Crippen LogP contribution in [0.25, 0.3) is 0 Å². The van der Waals surface area contributed by atoms with E-state index in [0.717, 1.165) is 25.5 Å². The lowest BCUT2D eigenvalue weighted by atomic mass is 9.92. The smallest absolute Gasteiger partial charge is 0.338 e. The molecule has 2 rings (SSSR count). The van der Waals surface area contributed by atoms with Crippen LogP contribution in [0.5, 0.6) is 0 Å². The first-order valence-corrected chi connectivity index (χ1v) is 6.68. The zero-order valence-electron chi connectivity index (χ0n) is 11.6. The summed E-state index contributed by atoms with van der Waals surface area (Å²) in [5.41, 5.74) is 0.382. The van der Waals surface area contributed by atoms with Crippen LogP contribution in [-0.2, 0) is 0 Å². The van der Waals surface area contributed by atoms with Crippen LogP contribution in [0, 0.1) is 16.0 Å². The summed E-state index contributed by atoms with van der Waals surface area (Å²) in [6.45, 7) is 5.02. The van der Waals surface area contributed by atoms with Crippen molar-refractivity contribution >= 4 is 17.3 Å². The predicted octanol–water partition coefficient (Wildman–Crippen LogP) is 2.92. The van der Waals surface area contributed by atoms with Crippen molar-refractivity contribution < 1.29 is 14.8 Å². The number of carboxylic acid groups (broad SMARTS) is 1. The number of rotatable bonds is 3. The number of piperidine rings is 1. The third-order valence-corrected chi connectivity index (χ3v) is 3.87. The van der Waals surface area contributed by atoms with Crippen molar-refractivity contribution in [3.63, 3.8) is 0 Å². The molecule has 1 heterocycles. The summed E-state index contributed by atoms with van der Waals surface area (Å²) in [6.07, 6.45) is 2.00. The largest absolute Gasteiger partial charge is 0.478 e. The van der Waals surface area contributed by atoms with E-state index in [9.17, 15) is 20.0 Å². The van der Waals surface area contributed by atoms with Crippen LogP contribution in [-0.4, -0.2) is 28.6 Å². The van der Waals surface area contributed by atoms with Gasteiger partial charge in [-0.05, 0) is 31.7 Å². The zero-order chi connectivity index (χ0) is 14.9. The molecule has 0 spiro atoms. The number of nitrogens with zero attached hydrogens (tertiary/aromatic N) is 2. The van der Waals surface area contributed by atoms with Gasteiger partial charge in [0.15, 0.2) is 0 Å². The highest BCUT2D eigenvalue weighted by molar-refractivity contribution is 5.95. The Balaban J connectivity index is 2.40. The molecule has 0 amide bonds. The van der Waals surface area contributed by atoms with E-state index in [4.69, 9.17) is 0 Å². The Bertz CT molecular complexity index is 544. The van der Waals surface area contributed by atoms with E-state index in [-0.39, 0.29) is 17.3 Å². The Kier molecular flexibility index (Phi) is 3.92. The minimum absolute atomic E-state index is 0.000558. The van der Waals surface area contributed by atoms with Crippen LogP contribution in [0.4, 0.5) is 11.4 Å². The Labute approximate surface area is 117 Å². The third-order valence-electron chi connectivity index (χ3n) is 3.87. The van der Waals surface area contributed by atoms with Crippen molar-refractivity contribution in [3.05, 3.63) is 33.9 Å². The van der Waals surface area contributed by atoms with Gasteiger partial charge in [0.2, 0.25) is 0 Å². The molecular formula is C14H18N2O4. The number of anilines is 1. The molecule has 0 saturated carbocycles. The van der Waals surface area contributed by atoms with Gasteiger partial charge in [0.25, 0.3) is 5.69 Å². The molecule has 1 aliphatic heterocycles. The molecule has 0 aliphatic carbocycles. The molecule has 108 valence electrons. The second kappa shape index (κ2) is 5.48. The van der Waals surface area contributed by atoms with Crippen LogP contribution < -0.4 is 4.90 Å². The van der Waals surface area contributed by atoms with Gasteiger partial charge >= 0.3 is 5.97 Å². The summed E-state index contributed by atoms with van der Waals surface area (Å²) >= 11 is 0. The highest BCUT2D eigenvalue weighted by Crippen LogP contribution is 2.32. The van der Waals surface area contributed by atoms with Crippen molar-refractivity contribution in [1.82, 2.24) is 0 Å². The highest BCUT2D eigenvalue weighted by Gasteiger charge is 2.27. The summed E-state index contributed by atoms with van der Waals surface area (Å²) < 4.78 is 0. The maximum Gasteiger partial charge on any atom is 0.338 e. The van der Waals surface area contributed by atoms with E-state index >= 15 is 0 Å². The van der Waals surface area contributed by atoms with Gasteiger partial charge < -0.3 is 10.0 Å². The maximum atomic E-state index is 11.4. The number of benzene rings is 1. The number of nitro benzene ring substituents is 1. The Morgan fingerprint density at radius 3 is 2.70 bits per heavy atom. The SMILES string of the molecule is CC1CCN(c2ccc([N+](=O)[O-])cc2C(=O)O)C(C)C1. The van der Waals surface area contributed by atoms with E-state index < -0.39 is 10.9 Å². The molecule has 1 aromatic rings. The van der Waals surface area contributed by atoms with Crippen molar-refractivity contribution in [2.75, 3.05) is 11.4 Å². The van der Waals surface area contributed by atoms with Crippen molar-refractivity contribution in [3.8, 4) is 0 Å². The number of carboxylic acids is 1. The van der Waals surface area contributed by atoms with Crippen molar-refractivity contribution in [2.24, 2.45) is 5.92 Å². The highest BCUT2D eigenvalue weighted by atomic mass is 16.6. The summed E-state index contributed by atoms with van der Waals surface area (Å²) in [4.78, 5) is 23.6. The summed E-state index contributed by atoms with van der Waals surface area (Å²) in [5.74, 6) is -0.512. The molecule has 6 nitrogen and oxygen atoms in total. The lowest BCUT2D eigenvalue weighted by Crippen LogP contribution is -2.41. The maximum absolute atomic E-state index is 11.4. The fraction of sp³-hybridized carbons (Fsp3) is 0.500. The van der Waals surface area contributed by atoms with Crippen LogP contribution in [0.1, 0.15) is 37.0 Å². The molecular weight excluding hydrogens is 260 g/mol. The van der Waals surface area contributed by atoms with E-state index in [2.05, 4.69) is 13.8 Å². The first kappa shape index (κ1) is 14.3. The number of hydrogen-bond acceptors (Lipinski definition) is 4. The molecule has 0 aromatic heterocycles. The van der Waals surface area contributed by atoms with Gasteiger partial charge in [-0.3, -0.25) is 10.1 Å². The summed E-state index contributed by atoms with van der Waals surface area (Å²) in [5, 5.41) is 20.1. The minimum atomic E-state index is -1.13. The van der Waals surface area contributed by atoms with Gasteiger partial charge in [-0.1, -0.05) is 6.92 Å². The number of aromatic carboxylic acids is 1. The second-order valence-corrected chi connectivity index (χ2v) is 5.44. The lowest BCUT2D eigenvalue weighted by molar-refractivity contribution is -0.384. The minimum Gasteiger partial charge on any atom is -0.478 e. The van der Waals surface area contributed by atoms with Gasteiger partial charge in [-0.2, -0.15) is 0 Å². The number of nitro groups is 1. The molecule has 1 N–H and O–H groups in total. The molecule has 2 unspecified atom stereocenters. The molecule has 1 saturated heterocycles. The van der Waals surface area contributed by atoms with E-state index in [1.165, 1.54) is 6.07 Å². The Hall–Kier alpha value is -2.11. The molecule has 0 radical (unpaired) electrons. The normalized spacial score (nSPS) is 22.6. The molecule has 6 heteroatoms. The fourth-order valence-corrected chi connectivity index (χ4v) is 2.82. The van der Waals surface area contributed by atoms with Crippen LogP contribution >= 0.6 is 0 Å². The van der Waals surface area contributed by atoms with Crippen LogP contribution in [0.15, 0.2) is 18.2 Å². The third kappa shape index (κ3) is 2.74. The zero-order valence-corrected chi connectivity index (χ0v) is 11.6. The summed E-state index contributed by atoms with van der Waals surface area (Å²) in [7, 11) is 0. The molecule has 1 aromatic carbocycles. The number of non-ortho nitro benzene ring substituents is 1.